The summed E-state index contributed by atoms with van der Waals surface area (Å²) in [6.07, 6.45) is 3.58. The van der Waals surface area contributed by atoms with Gasteiger partial charge in [0.05, 0.1) is 5.69 Å². The highest BCUT2D eigenvalue weighted by Gasteiger charge is 2.06. The fourth-order valence-corrected chi connectivity index (χ4v) is 2.75. The van der Waals surface area contributed by atoms with Crippen LogP contribution in [0.25, 0.3) is 21.8 Å². The van der Waals surface area contributed by atoms with E-state index in [9.17, 15) is 0 Å². The van der Waals surface area contributed by atoms with E-state index >= 15 is 0 Å². The van der Waals surface area contributed by atoms with Crippen LogP contribution in [-0.4, -0.2) is 9.97 Å². The molecule has 0 spiro atoms. The van der Waals surface area contributed by atoms with Crippen LogP contribution in [0.15, 0.2) is 58.6 Å². The van der Waals surface area contributed by atoms with Gasteiger partial charge in [0.2, 0.25) is 0 Å². The summed E-state index contributed by atoms with van der Waals surface area (Å²) in [7, 11) is 0. The van der Waals surface area contributed by atoms with Crippen LogP contribution in [-0.2, 0) is 0 Å². The van der Waals surface area contributed by atoms with Crippen molar-refractivity contribution in [1.82, 2.24) is 9.97 Å². The summed E-state index contributed by atoms with van der Waals surface area (Å²) in [5, 5.41) is 3.11. The molecule has 2 aromatic heterocycles. The summed E-state index contributed by atoms with van der Waals surface area (Å²) in [5.41, 5.74) is 3.26. The molecule has 3 aromatic rings. The quantitative estimate of drug-likeness (QED) is 0.592. The first-order valence-electron chi connectivity index (χ1n) is 5.45. The fraction of sp³-hybridized carbons (Fsp3) is 0. The average molecular weight is 398 g/mol. The van der Waals surface area contributed by atoms with Crippen molar-refractivity contribution in [3.8, 4) is 21.8 Å². The molecule has 0 atom stereocenters. The maximum Gasteiger partial charge on any atom is 0.124 e. The maximum atomic E-state index is 4.66. The van der Waals surface area contributed by atoms with Crippen molar-refractivity contribution in [2.45, 2.75) is 0 Å². The number of hydrogen-bond donors (Lipinski definition) is 0. The molecule has 2 nitrogen and oxygen atoms in total. The van der Waals surface area contributed by atoms with Gasteiger partial charge in [-0.1, -0.05) is 28.1 Å². The van der Waals surface area contributed by atoms with Crippen LogP contribution >= 0.6 is 44.2 Å². The minimum atomic E-state index is 0. The van der Waals surface area contributed by atoms with Gasteiger partial charge in [0.25, 0.3) is 0 Å². The molecule has 0 aliphatic carbocycles. The summed E-state index contributed by atoms with van der Waals surface area (Å²) in [6.45, 7) is 0. The molecule has 3 rings (SSSR count). The summed E-state index contributed by atoms with van der Waals surface area (Å²) >= 11 is 5.09. The monoisotopic (exact) mass is 396 g/mol. The van der Waals surface area contributed by atoms with Crippen molar-refractivity contribution in [3.63, 3.8) is 0 Å². The minimum Gasteiger partial charge on any atom is -0.265 e. The Hall–Kier alpha value is -1.04. The highest BCUT2D eigenvalue weighted by atomic mass is 79.9. The zero-order valence-corrected chi connectivity index (χ0v) is 13.9. The number of pyridine rings is 1. The molecule has 0 fully saturated rings. The van der Waals surface area contributed by atoms with E-state index in [0.717, 1.165) is 26.3 Å². The standard InChI is InChI=1S/C14H9BrN2S.BrH/c15-12-3-1-10(2-4-12)13-9-18-14(17-13)11-5-7-16-8-6-11;/h1-9H;1H. The predicted molar refractivity (Wildman–Crippen MR) is 88.8 cm³/mol. The molecule has 0 amide bonds. The van der Waals surface area contributed by atoms with Crippen molar-refractivity contribution in [2.75, 3.05) is 0 Å². The molecule has 0 saturated carbocycles. The van der Waals surface area contributed by atoms with E-state index < -0.39 is 0 Å². The van der Waals surface area contributed by atoms with Crippen LogP contribution in [0.3, 0.4) is 0 Å². The second-order valence-corrected chi connectivity index (χ2v) is 5.55. The van der Waals surface area contributed by atoms with Gasteiger partial charge in [-0.15, -0.1) is 28.3 Å². The van der Waals surface area contributed by atoms with Crippen molar-refractivity contribution in [2.24, 2.45) is 0 Å². The summed E-state index contributed by atoms with van der Waals surface area (Å²) < 4.78 is 1.08. The summed E-state index contributed by atoms with van der Waals surface area (Å²) in [4.78, 5) is 8.67. The van der Waals surface area contributed by atoms with Crippen LogP contribution in [0, 0.1) is 0 Å². The van der Waals surface area contributed by atoms with Crippen LogP contribution in [0.1, 0.15) is 0 Å². The molecular weight excluding hydrogens is 388 g/mol. The lowest BCUT2D eigenvalue weighted by atomic mass is 10.2. The molecule has 0 aliphatic rings. The van der Waals surface area contributed by atoms with Crippen LogP contribution in [0.5, 0.6) is 0 Å². The first-order chi connectivity index (χ1) is 8.83. The molecule has 1 aromatic carbocycles. The van der Waals surface area contributed by atoms with E-state index in [0.29, 0.717) is 0 Å². The van der Waals surface area contributed by atoms with E-state index in [2.05, 4.69) is 43.4 Å². The lowest BCUT2D eigenvalue weighted by Gasteiger charge is -1.97. The van der Waals surface area contributed by atoms with Crippen LogP contribution in [0.2, 0.25) is 0 Å². The normalized spacial score (nSPS) is 9.95. The topological polar surface area (TPSA) is 25.8 Å². The molecular formula is C14H10Br2N2S. The molecule has 19 heavy (non-hydrogen) atoms. The summed E-state index contributed by atoms with van der Waals surface area (Å²) in [5.74, 6) is 0. The van der Waals surface area contributed by atoms with Gasteiger partial charge >= 0.3 is 0 Å². The summed E-state index contributed by atoms with van der Waals surface area (Å²) in [6, 6.07) is 12.1. The predicted octanol–water partition coefficient (Wildman–Crippen LogP) is 5.21. The highest BCUT2D eigenvalue weighted by molar-refractivity contribution is 9.10. The van der Waals surface area contributed by atoms with Gasteiger partial charge in [-0.25, -0.2) is 4.98 Å². The molecule has 2 heterocycles. The van der Waals surface area contributed by atoms with Gasteiger partial charge in [0, 0.05) is 33.4 Å². The van der Waals surface area contributed by atoms with Crippen molar-refractivity contribution in [1.29, 1.82) is 0 Å². The van der Waals surface area contributed by atoms with Gasteiger partial charge in [0.15, 0.2) is 0 Å². The Balaban J connectivity index is 0.00000133. The van der Waals surface area contributed by atoms with Crippen LogP contribution in [0.4, 0.5) is 0 Å². The third-order valence-corrected chi connectivity index (χ3v) is 3.99. The second kappa shape index (κ2) is 6.41. The van der Waals surface area contributed by atoms with E-state index in [-0.39, 0.29) is 17.0 Å². The van der Waals surface area contributed by atoms with E-state index in [1.54, 1.807) is 23.7 Å². The zero-order chi connectivity index (χ0) is 12.4. The van der Waals surface area contributed by atoms with E-state index in [4.69, 9.17) is 0 Å². The highest BCUT2D eigenvalue weighted by Crippen LogP contribution is 2.28. The van der Waals surface area contributed by atoms with Gasteiger partial charge in [0.1, 0.15) is 5.01 Å². The molecule has 0 unspecified atom stereocenters. The molecule has 96 valence electrons. The van der Waals surface area contributed by atoms with Crippen molar-refractivity contribution < 1.29 is 0 Å². The largest absolute Gasteiger partial charge is 0.265 e. The zero-order valence-electron chi connectivity index (χ0n) is 9.79. The molecule has 5 heteroatoms. The van der Waals surface area contributed by atoms with Gasteiger partial charge in [-0.05, 0) is 24.3 Å². The Morgan fingerprint density at radius 2 is 1.58 bits per heavy atom. The second-order valence-electron chi connectivity index (χ2n) is 3.78. The number of rotatable bonds is 2. The lowest BCUT2D eigenvalue weighted by molar-refractivity contribution is 1.32. The Bertz CT molecular complexity index is 651. The number of aromatic nitrogens is 2. The van der Waals surface area contributed by atoms with Gasteiger partial charge in [-0.3, -0.25) is 4.98 Å². The Morgan fingerprint density at radius 1 is 0.895 bits per heavy atom. The van der Waals surface area contributed by atoms with E-state index in [1.807, 2.05) is 24.3 Å². The lowest BCUT2D eigenvalue weighted by Crippen LogP contribution is -1.79. The number of hydrogen-bond acceptors (Lipinski definition) is 3. The third-order valence-electron chi connectivity index (χ3n) is 2.57. The first-order valence-corrected chi connectivity index (χ1v) is 7.12. The maximum absolute atomic E-state index is 4.66. The number of benzene rings is 1. The fourth-order valence-electron chi connectivity index (χ4n) is 1.65. The van der Waals surface area contributed by atoms with Gasteiger partial charge in [-0.2, -0.15) is 0 Å². The van der Waals surface area contributed by atoms with Gasteiger partial charge < -0.3 is 0 Å². The molecule has 0 N–H and O–H groups in total. The number of halogens is 2. The average Bonchev–Trinajstić information content (AvgIpc) is 2.90. The molecule has 0 bridgehead atoms. The SMILES string of the molecule is Br.Brc1ccc(-c2csc(-c3ccncc3)n2)cc1. The molecule has 0 saturated heterocycles. The molecule has 0 radical (unpaired) electrons. The van der Waals surface area contributed by atoms with Crippen LogP contribution < -0.4 is 0 Å². The number of thiazole rings is 1. The minimum absolute atomic E-state index is 0. The Labute approximate surface area is 134 Å². The Kier molecular flexibility index (Phi) is 4.85. The molecule has 0 aliphatic heterocycles. The smallest absolute Gasteiger partial charge is 0.124 e. The van der Waals surface area contributed by atoms with Crippen molar-refractivity contribution >= 4 is 44.2 Å². The van der Waals surface area contributed by atoms with E-state index in [1.165, 1.54) is 0 Å². The first kappa shape index (κ1) is 14.4. The number of nitrogens with zero attached hydrogens (tertiary/aromatic N) is 2. The van der Waals surface area contributed by atoms with Crippen molar-refractivity contribution in [3.05, 3.63) is 58.6 Å². The Morgan fingerprint density at radius 3 is 2.26 bits per heavy atom. The third kappa shape index (κ3) is 3.29.